The summed E-state index contributed by atoms with van der Waals surface area (Å²) in [6, 6.07) is 24.5. The average molecular weight is 449 g/mol. The monoisotopic (exact) mass is 448 g/mol. The fraction of sp³-hybridized carbons (Fsp3) is 0.200. The van der Waals surface area contributed by atoms with E-state index in [9.17, 15) is 0 Å². The highest BCUT2D eigenvalue weighted by Gasteiger charge is 2.09. The maximum Gasteiger partial charge on any atom is 0.148 e. The highest BCUT2D eigenvalue weighted by molar-refractivity contribution is 7.17. The number of rotatable bonds is 10. The predicted octanol–water partition coefficient (Wildman–Crippen LogP) is 5.69. The van der Waals surface area contributed by atoms with Crippen molar-refractivity contribution in [1.29, 1.82) is 0 Å². The summed E-state index contributed by atoms with van der Waals surface area (Å²) in [5.74, 6) is 0. The topological polar surface area (TPSA) is 73.7 Å². The standard InChI is InChI=1S/C25H24N2O4S/c1-29-14-15-30-16-18-2-6-20(7-3-18)21-10-12-23(13-11-21)25-27-26-24(32-25)22-8-4-19(5-9-22)17-31-28/h2-13,28H,14-17H2,1H3. The number of ether oxygens (including phenoxy) is 2. The lowest BCUT2D eigenvalue weighted by Gasteiger charge is -2.06. The summed E-state index contributed by atoms with van der Waals surface area (Å²) in [6.07, 6.45) is 0. The van der Waals surface area contributed by atoms with Crippen LogP contribution in [-0.2, 0) is 27.6 Å². The third-order valence-corrected chi connectivity index (χ3v) is 6.00. The number of benzene rings is 3. The molecular formula is C25H24N2O4S. The van der Waals surface area contributed by atoms with Gasteiger partial charge in [-0.1, -0.05) is 84.1 Å². The molecular weight excluding hydrogens is 424 g/mol. The van der Waals surface area contributed by atoms with Gasteiger partial charge in [0.2, 0.25) is 0 Å². The fourth-order valence-corrected chi connectivity index (χ4v) is 4.06. The van der Waals surface area contributed by atoms with E-state index in [2.05, 4.69) is 63.6 Å². The van der Waals surface area contributed by atoms with Crippen LogP contribution in [0, 0.1) is 0 Å². The van der Waals surface area contributed by atoms with E-state index in [1.54, 1.807) is 18.4 Å². The van der Waals surface area contributed by atoms with Crippen molar-refractivity contribution in [3.63, 3.8) is 0 Å². The van der Waals surface area contributed by atoms with E-state index in [0.29, 0.717) is 19.8 Å². The Balaban J connectivity index is 1.41. The molecule has 7 heteroatoms. The van der Waals surface area contributed by atoms with Crippen LogP contribution < -0.4 is 0 Å². The van der Waals surface area contributed by atoms with Crippen LogP contribution in [0.5, 0.6) is 0 Å². The SMILES string of the molecule is COCCOCc1ccc(-c2ccc(-c3nnc(-c4ccc(COO)cc4)s3)cc2)cc1. The van der Waals surface area contributed by atoms with Crippen LogP contribution >= 0.6 is 11.3 Å². The first-order valence-corrected chi connectivity index (χ1v) is 11.0. The molecule has 32 heavy (non-hydrogen) atoms. The second kappa shape index (κ2) is 11.1. The minimum atomic E-state index is 0.166. The van der Waals surface area contributed by atoms with Crippen molar-refractivity contribution in [1.82, 2.24) is 10.2 Å². The molecule has 0 bridgehead atoms. The second-order valence-electron chi connectivity index (χ2n) is 7.20. The molecule has 0 amide bonds. The van der Waals surface area contributed by atoms with Crippen LogP contribution in [0.2, 0.25) is 0 Å². The van der Waals surface area contributed by atoms with Crippen LogP contribution in [0.25, 0.3) is 32.3 Å². The molecule has 1 N–H and O–H groups in total. The van der Waals surface area contributed by atoms with Crippen molar-refractivity contribution < 1.29 is 19.6 Å². The smallest absolute Gasteiger partial charge is 0.148 e. The molecule has 0 aliphatic rings. The summed E-state index contributed by atoms with van der Waals surface area (Å²) >= 11 is 1.55. The summed E-state index contributed by atoms with van der Waals surface area (Å²) in [7, 11) is 1.67. The maximum atomic E-state index is 8.56. The van der Waals surface area contributed by atoms with Crippen LogP contribution in [0.15, 0.2) is 72.8 Å². The number of hydrogen-bond donors (Lipinski definition) is 1. The molecule has 0 unspecified atom stereocenters. The Morgan fingerprint density at radius 2 is 1.12 bits per heavy atom. The Kier molecular flexibility index (Phi) is 7.71. The van der Waals surface area contributed by atoms with Gasteiger partial charge in [0.1, 0.15) is 16.6 Å². The van der Waals surface area contributed by atoms with E-state index in [-0.39, 0.29) is 6.61 Å². The minimum absolute atomic E-state index is 0.166. The van der Waals surface area contributed by atoms with Crippen molar-refractivity contribution in [2.45, 2.75) is 13.2 Å². The van der Waals surface area contributed by atoms with E-state index in [4.69, 9.17) is 14.7 Å². The minimum Gasteiger partial charge on any atom is -0.382 e. The lowest BCUT2D eigenvalue weighted by atomic mass is 10.0. The van der Waals surface area contributed by atoms with Crippen molar-refractivity contribution >= 4 is 11.3 Å². The summed E-state index contributed by atoms with van der Waals surface area (Å²) in [5.41, 5.74) is 6.35. The van der Waals surface area contributed by atoms with Gasteiger partial charge >= 0.3 is 0 Å². The summed E-state index contributed by atoms with van der Waals surface area (Å²) in [4.78, 5) is 4.17. The van der Waals surface area contributed by atoms with Gasteiger partial charge < -0.3 is 9.47 Å². The number of nitrogens with zero attached hydrogens (tertiary/aromatic N) is 2. The van der Waals surface area contributed by atoms with Gasteiger partial charge in [-0.15, -0.1) is 10.2 Å². The van der Waals surface area contributed by atoms with Gasteiger partial charge in [-0.3, -0.25) is 5.26 Å². The Bertz CT molecular complexity index is 1110. The zero-order chi connectivity index (χ0) is 22.2. The molecule has 6 nitrogen and oxygen atoms in total. The Morgan fingerprint density at radius 3 is 1.66 bits per heavy atom. The van der Waals surface area contributed by atoms with Gasteiger partial charge in [-0.2, -0.15) is 0 Å². The third kappa shape index (κ3) is 5.64. The van der Waals surface area contributed by atoms with Crippen LogP contribution in [0.4, 0.5) is 0 Å². The van der Waals surface area contributed by atoms with E-state index in [1.165, 1.54) is 0 Å². The molecule has 0 spiro atoms. The van der Waals surface area contributed by atoms with Crippen molar-refractivity contribution in [3.05, 3.63) is 83.9 Å². The van der Waals surface area contributed by atoms with Crippen molar-refractivity contribution in [2.75, 3.05) is 20.3 Å². The molecule has 0 saturated carbocycles. The first kappa shape index (κ1) is 22.3. The first-order valence-electron chi connectivity index (χ1n) is 10.2. The quantitative estimate of drug-likeness (QED) is 0.191. The highest BCUT2D eigenvalue weighted by atomic mass is 32.1. The zero-order valence-electron chi connectivity index (χ0n) is 17.7. The summed E-state index contributed by atoms with van der Waals surface area (Å²) in [6.45, 7) is 1.95. The Hall–Kier alpha value is -2.94. The lowest BCUT2D eigenvalue weighted by molar-refractivity contribution is -0.253. The maximum absolute atomic E-state index is 8.56. The summed E-state index contributed by atoms with van der Waals surface area (Å²) < 4.78 is 10.6. The molecule has 0 atom stereocenters. The van der Waals surface area contributed by atoms with Crippen molar-refractivity contribution in [2.24, 2.45) is 0 Å². The van der Waals surface area contributed by atoms with Crippen molar-refractivity contribution in [3.8, 4) is 32.3 Å². The van der Waals surface area contributed by atoms with E-state index < -0.39 is 0 Å². The van der Waals surface area contributed by atoms with Gasteiger partial charge in [0.05, 0.1) is 19.8 Å². The Morgan fingerprint density at radius 1 is 0.656 bits per heavy atom. The number of methoxy groups -OCH3 is 1. The molecule has 0 saturated heterocycles. The lowest BCUT2D eigenvalue weighted by Crippen LogP contribution is -2.01. The molecule has 0 aliphatic heterocycles. The molecule has 4 aromatic rings. The molecule has 4 rings (SSSR count). The molecule has 0 radical (unpaired) electrons. The van der Waals surface area contributed by atoms with Gasteiger partial charge in [0.15, 0.2) is 0 Å². The predicted molar refractivity (Wildman–Crippen MR) is 125 cm³/mol. The normalized spacial score (nSPS) is 11.1. The largest absolute Gasteiger partial charge is 0.382 e. The number of aromatic nitrogens is 2. The zero-order valence-corrected chi connectivity index (χ0v) is 18.5. The third-order valence-electron chi connectivity index (χ3n) is 4.98. The molecule has 164 valence electrons. The van der Waals surface area contributed by atoms with Gasteiger partial charge in [-0.05, 0) is 22.3 Å². The van der Waals surface area contributed by atoms with Gasteiger partial charge in [0, 0.05) is 18.2 Å². The molecule has 0 fully saturated rings. The molecule has 1 heterocycles. The highest BCUT2D eigenvalue weighted by Crippen LogP contribution is 2.31. The Labute approximate surface area is 191 Å². The second-order valence-corrected chi connectivity index (χ2v) is 8.18. The van der Waals surface area contributed by atoms with E-state index >= 15 is 0 Å². The summed E-state index contributed by atoms with van der Waals surface area (Å²) in [5, 5.41) is 19.0. The fourth-order valence-electron chi connectivity index (χ4n) is 3.21. The van der Waals surface area contributed by atoms with Crippen LogP contribution in [0.1, 0.15) is 11.1 Å². The molecule has 0 aliphatic carbocycles. The average Bonchev–Trinajstić information content (AvgIpc) is 3.34. The van der Waals surface area contributed by atoms with Gasteiger partial charge in [0.25, 0.3) is 0 Å². The van der Waals surface area contributed by atoms with Gasteiger partial charge in [-0.25, -0.2) is 4.89 Å². The molecule has 1 aromatic heterocycles. The first-order chi connectivity index (χ1) is 15.8. The van der Waals surface area contributed by atoms with Crippen LogP contribution in [-0.4, -0.2) is 35.8 Å². The molecule has 3 aromatic carbocycles. The van der Waals surface area contributed by atoms with E-state index in [1.807, 2.05) is 24.3 Å². The van der Waals surface area contributed by atoms with E-state index in [0.717, 1.165) is 43.4 Å². The van der Waals surface area contributed by atoms with Crippen LogP contribution in [0.3, 0.4) is 0 Å². The number of hydrogen-bond acceptors (Lipinski definition) is 7.